The average molecular weight is 389 g/mol. The van der Waals surface area contributed by atoms with Crippen LogP contribution in [-0.2, 0) is 12.0 Å². The molecule has 0 saturated carbocycles. The Kier molecular flexibility index (Phi) is 5.65. The van der Waals surface area contributed by atoms with Gasteiger partial charge in [-0.05, 0) is 30.9 Å². The maximum absolute atomic E-state index is 12.3. The molecule has 1 saturated heterocycles. The summed E-state index contributed by atoms with van der Waals surface area (Å²) in [4.78, 5) is 19.1. The molecule has 0 atom stereocenters. The third-order valence-electron chi connectivity index (χ3n) is 5.90. The quantitative estimate of drug-likeness (QED) is 0.717. The second-order valence-electron chi connectivity index (χ2n) is 7.64. The van der Waals surface area contributed by atoms with E-state index in [2.05, 4.69) is 70.7 Å². The van der Waals surface area contributed by atoms with Gasteiger partial charge in [-0.1, -0.05) is 60.7 Å². The van der Waals surface area contributed by atoms with Gasteiger partial charge in [0.1, 0.15) is 5.82 Å². The second-order valence-corrected chi connectivity index (χ2v) is 7.64. The Morgan fingerprint density at radius 1 is 1.03 bits per heavy atom. The van der Waals surface area contributed by atoms with E-state index in [9.17, 15) is 4.79 Å². The highest BCUT2D eigenvalue weighted by Gasteiger charge is 2.42. The zero-order chi connectivity index (χ0) is 20.1. The zero-order valence-corrected chi connectivity index (χ0v) is 16.9. The van der Waals surface area contributed by atoms with Crippen LogP contribution in [0.15, 0.2) is 73.1 Å². The van der Waals surface area contributed by atoms with Crippen molar-refractivity contribution < 1.29 is 4.79 Å². The van der Waals surface area contributed by atoms with E-state index in [4.69, 9.17) is 4.98 Å². The molecule has 1 aliphatic rings. The number of nitrogens with zero attached hydrogens (tertiary/aromatic N) is 3. The summed E-state index contributed by atoms with van der Waals surface area (Å²) in [6.45, 7) is 4.85. The van der Waals surface area contributed by atoms with Crippen molar-refractivity contribution in [1.82, 2.24) is 19.8 Å². The number of likely N-dealkylation sites (tertiary alicyclic amines) is 1. The number of rotatable bonds is 5. The van der Waals surface area contributed by atoms with E-state index in [0.717, 1.165) is 38.3 Å². The summed E-state index contributed by atoms with van der Waals surface area (Å²) in [6, 6.07) is 21.2. The number of urea groups is 1. The molecule has 0 radical (unpaired) electrons. The van der Waals surface area contributed by atoms with E-state index in [-0.39, 0.29) is 11.4 Å². The fourth-order valence-corrected chi connectivity index (χ4v) is 4.39. The number of piperidine rings is 1. The van der Waals surface area contributed by atoms with Crippen molar-refractivity contribution in [3.63, 3.8) is 0 Å². The van der Waals surface area contributed by atoms with Crippen LogP contribution in [0.3, 0.4) is 0 Å². The number of carbonyl (C=O) groups excluding carboxylic acids is 1. The molecular formula is C24H28N4O. The van der Waals surface area contributed by atoms with E-state index >= 15 is 0 Å². The van der Waals surface area contributed by atoms with Crippen LogP contribution in [0.4, 0.5) is 4.79 Å². The summed E-state index contributed by atoms with van der Waals surface area (Å²) in [6.07, 6.45) is 5.70. The van der Waals surface area contributed by atoms with E-state index in [0.29, 0.717) is 6.54 Å². The number of imidazole rings is 1. The Labute approximate surface area is 172 Å². The summed E-state index contributed by atoms with van der Waals surface area (Å²) >= 11 is 0. The van der Waals surface area contributed by atoms with E-state index in [1.165, 1.54) is 11.1 Å². The SMILES string of the molecule is CCNC(=O)N1CCC(c2ccccc2)(c2nccn2Cc2ccccc2)CC1. The number of nitrogens with one attached hydrogen (secondary N) is 1. The van der Waals surface area contributed by atoms with Crippen molar-refractivity contribution in [2.75, 3.05) is 19.6 Å². The highest BCUT2D eigenvalue weighted by atomic mass is 16.2. The molecule has 0 bridgehead atoms. The largest absolute Gasteiger partial charge is 0.338 e. The summed E-state index contributed by atoms with van der Waals surface area (Å²) in [5, 5.41) is 2.93. The van der Waals surface area contributed by atoms with Crippen molar-refractivity contribution in [2.45, 2.75) is 31.7 Å². The maximum Gasteiger partial charge on any atom is 0.317 e. The first-order valence-corrected chi connectivity index (χ1v) is 10.4. The lowest BCUT2D eigenvalue weighted by Gasteiger charge is -2.42. The van der Waals surface area contributed by atoms with E-state index in [1.807, 2.05) is 24.1 Å². The molecule has 0 aliphatic carbocycles. The lowest BCUT2D eigenvalue weighted by atomic mass is 9.72. The highest BCUT2D eigenvalue weighted by molar-refractivity contribution is 5.74. The molecule has 0 unspecified atom stereocenters. The van der Waals surface area contributed by atoms with Crippen LogP contribution in [0.2, 0.25) is 0 Å². The Balaban J connectivity index is 1.67. The summed E-state index contributed by atoms with van der Waals surface area (Å²) in [5.74, 6) is 1.09. The van der Waals surface area contributed by atoms with Crippen molar-refractivity contribution in [3.8, 4) is 0 Å². The Morgan fingerprint density at radius 2 is 1.69 bits per heavy atom. The molecule has 1 aromatic heterocycles. The van der Waals surface area contributed by atoms with Gasteiger partial charge in [-0.15, -0.1) is 0 Å². The number of amides is 2. The first-order chi connectivity index (χ1) is 14.2. The van der Waals surface area contributed by atoms with Crippen molar-refractivity contribution in [3.05, 3.63) is 90.0 Å². The molecule has 29 heavy (non-hydrogen) atoms. The molecule has 2 aromatic carbocycles. The lowest BCUT2D eigenvalue weighted by Crippen LogP contribution is -2.49. The van der Waals surface area contributed by atoms with Crippen LogP contribution in [0.5, 0.6) is 0 Å². The molecule has 4 rings (SSSR count). The second kappa shape index (κ2) is 8.52. The molecule has 3 aromatic rings. The zero-order valence-electron chi connectivity index (χ0n) is 16.9. The van der Waals surface area contributed by atoms with Crippen LogP contribution >= 0.6 is 0 Å². The summed E-state index contributed by atoms with van der Waals surface area (Å²) in [7, 11) is 0. The van der Waals surface area contributed by atoms with E-state index < -0.39 is 0 Å². The molecule has 2 heterocycles. The lowest BCUT2D eigenvalue weighted by molar-refractivity contribution is 0.165. The standard InChI is InChI=1S/C24H28N4O/c1-2-25-23(29)27-16-13-24(14-17-27,21-11-7-4-8-12-21)22-26-15-18-28(22)19-20-9-5-3-6-10-20/h3-12,15,18H,2,13-14,16-17,19H2,1H3,(H,25,29). The van der Waals surface area contributed by atoms with Crippen LogP contribution in [0.1, 0.15) is 36.7 Å². The predicted molar refractivity (Wildman–Crippen MR) is 115 cm³/mol. The topological polar surface area (TPSA) is 50.2 Å². The van der Waals surface area contributed by atoms with Gasteiger partial charge in [0.2, 0.25) is 0 Å². The van der Waals surface area contributed by atoms with Crippen molar-refractivity contribution in [2.24, 2.45) is 0 Å². The minimum absolute atomic E-state index is 0.0294. The molecular weight excluding hydrogens is 360 g/mol. The molecule has 2 amide bonds. The van der Waals surface area contributed by atoms with Crippen molar-refractivity contribution in [1.29, 1.82) is 0 Å². The van der Waals surface area contributed by atoms with Crippen LogP contribution < -0.4 is 5.32 Å². The van der Waals surface area contributed by atoms with Crippen LogP contribution in [0.25, 0.3) is 0 Å². The predicted octanol–water partition coefficient (Wildman–Crippen LogP) is 4.04. The van der Waals surface area contributed by atoms with E-state index in [1.54, 1.807) is 0 Å². The minimum Gasteiger partial charge on any atom is -0.338 e. The molecule has 1 aliphatic heterocycles. The smallest absolute Gasteiger partial charge is 0.317 e. The first kappa shape index (κ1) is 19.2. The maximum atomic E-state index is 12.3. The molecule has 5 nitrogen and oxygen atoms in total. The number of aromatic nitrogens is 2. The molecule has 0 spiro atoms. The fourth-order valence-electron chi connectivity index (χ4n) is 4.39. The van der Waals surface area contributed by atoms with Gasteiger partial charge in [0.05, 0.1) is 5.41 Å². The van der Waals surface area contributed by atoms with Crippen molar-refractivity contribution >= 4 is 6.03 Å². The van der Waals surface area contributed by atoms with Crippen LogP contribution in [0, 0.1) is 0 Å². The number of carbonyl (C=O) groups is 1. The monoisotopic (exact) mass is 388 g/mol. The summed E-state index contributed by atoms with van der Waals surface area (Å²) < 4.78 is 2.27. The van der Waals surface area contributed by atoms with Gasteiger partial charge in [0.15, 0.2) is 0 Å². The van der Waals surface area contributed by atoms with Gasteiger partial charge in [0.25, 0.3) is 0 Å². The van der Waals surface area contributed by atoms with Gasteiger partial charge in [-0.25, -0.2) is 9.78 Å². The Hall–Kier alpha value is -3.08. The highest BCUT2D eigenvalue weighted by Crippen LogP contribution is 2.41. The minimum atomic E-state index is -0.192. The van der Waals surface area contributed by atoms with Crippen LogP contribution in [-0.4, -0.2) is 40.1 Å². The van der Waals surface area contributed by atoms with Gasteiger partial charge < -0.3 is 14.8 Å². The number of benzene rings is 2. The molecule has 150 valence electrons. The number of hydrogen-bond donors (Lipinski definition) is 1. The van der Waals surface area contributed by atoms with Gasteiger partial charge in [-0.3, -0.25) is 0 Å². The van der Waals surface area contributed by atoms with Gasteiger partial charge in [0, 0.05) is 38.6 Å². The van der Waals surface area contributed by atoms with Gasteiger partial charge >= 0.3 is 6.03 Å². The number of hydrogen-bond acceptors (Lipinski definition) is 2. The Morgan fingerprint density at radius 3 is 2.34 bits per heavy atom. The van der Waals surface area contributed by atoms with Gasteiger partial charge in [-0.2, -0.15) is 0 Å². The third kappa shape index (κ3) is 3.90. The normalized spacial score (nSPS) is 15.8. The molecule has 5 heteroatoms. The molecule has 1 N–H and O–H groups in total. The Bertz CT molecular complexity index is 928. The average Bonchev–Trinajstić information content (AvgIpc) is 3.24. The first-order valence-electron chi connectivity index (χ1n) is 10.4. The molecule has 1 fully saturated rings. The summed E-state index contributed by atoms with van der Waals surface area (Å²) in [5.41, 5.74) is 2.34. The third-order valence-corrected chi connectivity index (χ3v) is 5.90. The fraction of sp³-hybridized carbons (Fsp3) is 0.333.